The monoisotopic (exact) mass is 407 g/mol. The lowest BCUT2D eigenvalue weighted by atomic mass is 9.99. The summed E-state index contributed by atoms with van der Waals surface area (Å²) in [6.45, 7) is 9.50. The Hall–Kier alpha value is -2.66. The molecule has 2 amide bonds. The number of rotatable bonds is 7. The van der Waals surface area contributed by atoms with Gasteiger partial charge in [0.2, 0.25) is 0 Å². The predicted molar refractivity (Wildman–Crippen MR) is 122 cm³/mol. The van der Waals surface area contributed by atoms with Gasteiger partial charge in [-0.15, -0.1) is 0 Å². The van der Waals surface area contributed by atoms with Crippen molar-refractivity contribution in [2.45, 2.75) is 52.6 Å². The van der Waals surface area contributed by atoms with Crippen molar-refractivity contribution < 1.29 is 9.59 Å². The number of likely N-dealkylation sites (tertiary alicyclic amines) is 1. The fourth-order valence-electron chi connectivity index (χ4n) is 3.63. The Bertz CT molecular complexity index is 855. The van der Waals surface area contributed by atoms with E-state index in [4.69, 9.17) is 0 Å². The molecule has 0 unspecified atom stereocenters. The maximum absolute atomic E-state index is 12.8. The number of para-hydroxylation sites is 1. The molecule has 1 aliphatic rings. The first-order valence-corrected chi connectivity index (χ1v) is 11.0. The zero-order valence-corrected chi connectivity index (χ0v) is 18.3. The summed E-state index contributed by atoms with van der Waals surface area (Å²) >= 11 is 0. The van der Waals surface area contributed by atoms with Gasteiger partial charge in [0.15, 0.2) is 0 Å². The van der Waals surface area contributed by atoms with Crippen LogP contribution in [0.4, 0.5) is 5.69 Å². The molecule has 5 nitrogen and oxygen atoms in total. The lowest BCUT2D eigenvalue weighted by Crippen LogP contribution is -2.32. The van der Waals surface area contributed by atoms with Crippen molar-refractivity contribution in [2.24, 2.45) is 5.92 Å². The standard InChI is InChI=1S/C25H33N3O2/c1-4-19(3)26-25(30)22-7-5-6-8-23(22)27-24(29)21-11-9-20(10-12-21)17-28-15-13-18(2)14-16-28/h5-12,18-19H,4,13-17H2,1-3H3,(H,26,30)(H,27,29)/t19-/m1/s1. The van der Waals surface area contributed by atoms with E-state index in [1.54, 1.807) is 18.2 Å². The Kier molecular flexibility index (Phi) is 7.63. The van der Waals surface area contributed by atoms with Gasteiger partial charge in [0.1, 0.15) is 0 Å². The van der Waals surface area contributed by atoms with Crippen molar-refractivity contribution in [1.82, 2.24) is 10.2 Å². The number of anilines is 1. The van der Waals surface area contributed by atoms with Gasteiger partial charge in [-0.3, -0.25) is 14.5 Å². The van der Waals surface area contributed by atoms with E-state index >= 15 is 0 Å². The second-order valence-electron chi connectivity index (χ2n) is 8.44. The van der Waals surface area contributed by atoms with Crippen molar-refractivity contribution in [3.05, 3.63) is 65.2 Å². The molecule has 2 N–H and O–H groups in total. The van der Waals surface area contributed by atoms with Crippen LogP contribution in [0, 0.1) is 5.92 Å². The molecule has 2 aromatic carbocycles. The highest BCUT2D eigenvalue weighted by Gasteiger charge is 2.17. The highest BCUT2D eigenvalue weighted by atomic mass is 16.2. The third kappa shape index (κ3) is 5.92. The summed E-state index contributed by atoms with van der Waals surface area (Å²) in [6.07, 6.45) is 3.36. The first-order chi connectivity index (χ1) is 14.5. The molecule has 1 heterocycles. The molecule has 1 aliphatic heterocycles. The fraction of sp³-hybridized carbons (Fsp3) is 0.440. The van der Waals surface area contributed by atoms with Crippen molar-refractivity contribution in [2.75, 3.05) is 18.4 Å². The summed E-state index contributed by atoms with van der Waals surface area (Å²) in [5, 5.41) is 5.85. The first-order valence-electron chi connectivity index (χ1n) is 11.0. The molecule has 160 valence electrons. The number of carbonyl (C=O) groups excluding carboxylic acids is 2. The zero-order chi connectivity index (χ0) is 21.5. The molecule has 5 heteroatoms. The Morgan fingerprint density at radius 2 is 1.70 bits per heavy atom. The van der Waals surface area contributed by atoms with Gasteiger partial charge in [-0.1, -0.05) is 38.1 Å². The molecule has 0 bridgehead atoms. The smallest absolute Gasteiger partial charge is 0.255 e. The summed E-state index contributed by atoms with van der Waals surface area (Å²) in [7, 11) is 0. The Morgan fingerprint density at radius 3 is 2.37 bits per heavy atom. The quantitative estimate of drug-likeness (QED) is 0.699. The molecule has 30 heavy (non-hydrogen) atoms. The Labute approximate surface area is 179 Å². The summed E-state index contributed by atoms with van der Waals surface area (Å²) in [5.74, 6) is 0.436. The van der Waals surface area contributed by atoms with Crippen molar-refractivity contribution in [3.8, 4) is 0 Å². The van der Waals surface area contributed by atoms with Crippen LogP contribution in [0.5, 0.6) is 0 Å². The number of nitrogens with one attached hydrogen (secondary N) is 2. The van der Waals surface area contributed by atoms with Gasteiger partial charge >= 0.3 is 0 Å². The van der Waals surface area contributed by atoms with Gasteiger partial charge in [0.25, 0.3) is 11.8 Å². The number of carbonyl (C=O) groups is 2. The second-order valence-corrected chi connectivity index (χ2v) is 8.44. The molecule has 0 spiro atoms. The van der Waals surface area contributed by atoms with Crippen molar-refractivity contribution in [1.29, 1.82) is 0 Å². The highest BCUT2D eigenvalue weighted by Crippen LogP contribution is 2.19. The fourth-order valence-corrected chi connectivity index (χ4v) is 3.63. The largest absolute Gasteiger partial charge is 0.350 e. The molecule has 1 fully saturated rings. The molecular weight excluding hydrogens is 374 g/mol. The van der Waals surface area contributed by atoms with E-state index in [0.29, 0.717) is 16.8 Å². The number of piperidine rings is 1. The molecule has 3 rings (SSSR count). The van der Waals surface area contributed by atoms with Gasteiger partial charge < -0.3 is 10.6 Å². The van der Waals surface area contributed by atoms with Crippen LogP contribution in [-0.2, 0) is 6.54 Å². The minimum absolute atomic E-state index is 0.0805. The number of hydrogen-bond donors (Lipinski definition) is 2. The van der Waals surface area contributed by atoms with Crippen LogP contribution in [0.15, 0.2) is 48.5 Å². The lowest BCUT2D eigenvalue weighted by Gasteiger charge is -2.30. The number of hydrogen-bond acceptors (Lipinski definition) is 3. The van der Waals surface area contributed by atoms with Gasteiger partial charge in [-0.05, 0) is 75.0 Å². The summed E-state index contributed by atoms with van der Waals surface area (Å²) in [5.41, 5.74) is 2.80. The van der Waals surface area contributed by atoms with E-state index in [-0.39, 0.29) is 17.9 Å². The molecule has 0 radical (unpaired) electrons. The van der Waals surface area contributed by atoms with E-state index in [1.165, 1.54) is 18.4 Å². The maximum atomic E-state index is 12.8. The first kappa shape index (κ1) is 22.0. The minimum Gasteiger partial charge on any atom is -0.350 e. The third-order valence-corrected chi connectivity index (χ3v) is 5.91. The normalized spacial score (nSPS) is 16.1. The molecule has 0 aromatic heterocycles. The highest BCUT2D eigenvalue weighted by molar-refractivity contribution is 6.09. The molecule has 1 atom stereocenters. The van der Waals surface area contributed by atoms with E-state index in [0.717, 1.165) is 32.0 Å². The van der Waals surface area contributed by atoms with Gasteiger partial charge in [0, 0.05) is 18.2 Å². The van der Waals surface area contributed by atoms with E-state index in [9.17, 15) is 9.59 Å². The maximum Gasteiger partial charge on any atom is 0.255 e. The van der Waals surface area contributed by atoms with Crippen LogP contribution in [-0.4, -0.2) is 35.8 Å². The van der Waals surface area contributed by atoms with E-state index in [2.05, 4.69) is 22.5 Å². The van der Waals surface area contributed by atoms with Crippen LogP contribution in [0.1, 0.15) is 66.3 Å². The summed E-state index contributed by atoms with van der Waals surface area (Å²) < 4.78 is 0. The Balaban J connectivity index is 1.63. The van der Waals surface area contributed by atoms with E-state index in [1.807, 2.05) is 44.2 Å². The van der Waals surface area contributed by atoms with Gasteiger partial charge in [-0.25, -0.2) is 0 Å². The zero-order valence-electron chi connectivity index (χ0n) is 18.3. The van der Waals surface area contributed by atoms with Crippen LogP contribution in [0.3, 0.4) is 0 Å². The Morgan fingerprint density at radius 1 is 1.03 bits per heavy atom. The van der Waals surface area contributed by atoms with Crippen LogP contribution >= 0.6 is 0 Å². The SMILES string of the molecule is CC[C@@H](C)NC(=O)c1ccccc1NC(=O)c1ccc(CN2CCC(C)CC2)cc1. The molecule has 0 aliphatic carbocycles. The predicted octanol–water partition coefficient (Wildman–Crippen LogP) is 4.70. The van der Waals surface area contributed by atoms with Crippen LogP contribution < -0.4 is 10.6 Å². The number of benzene rings is 2. The van der Waals surface area contributed by atoms with Crippen LogP contribution in [0.25, 0.3) is 0 Å². The lowest BCUT2D eigenvalue weighted by molar-refractivity contribution is 0.0940. The number of nitrogens with zero attached hydrogens (tertiary/aromatic N) is 1. The van der Waals surface area contributed by atoms with Crippen molar-refractivity contribution in [3.63, 3.8) is 0 Å². The summed E-state index contributed by atoms with van der Waals surface area (Å²) in [6, 6.07) is 15.0. The molecule has 0 saturated carbocycles. The van der Waals surface area contributed by atoms with Gasteiger partial charge in [0.05, 0.1) is 11.3 Å². The molecule has 1 saturated heterocycles. The molecule has 2 aromatic rings. The number of amides is 2. The minimum atomic E-state index is -0.211. The van der Waals surface area contributed by atoms with E-state index < -0.39 is 0 Å². The summed E-state index contributed by atoms with van der Waals surface area (Å²) in [4.78, 5) is 27.8. The topological polar surface area (TPSA) is 61.4 Å². The average molecular weight is 408 g/mol. The second kappa shape index (κ2) is 10.4. The average Bonchev–Trinajstić information content (AvgIpc) is 2.76. The molecular formula is C25H33N3O2. The van der Waals surface area contributed by atoms with Gasteiger partial charge in [-0.2, -0.15) is 0 Å². The van der Waals surface area contributed by atoms with Crippen LogP contribution in [0.2, 0.25) is 0 Å². The van der Waals surface area contributed by atoms with Crippen molar-refractivity contribution >= 4 is 17.5 Å². The third-order valence-electron chi connectivity index (χ3n) is 5.91.